The molecule has 1 unspecified atom stereocenters. The van der Waals surface area contributed by atoms with Gasteiger partial charge in [0.25, 0.3) is 5.91 Å². The van der Waals surface area contributed by atoms with Gasteiger partial charge in [0.05, 0.1) is 29.1 Å². The van der Waals surface area contributed by atoms with Gasteiger partial charge in [-0.15, -0.1) is 0 Å². The monoisotopic (exact) mass is 496 g/mol. The number of hydrogen-bond donors (Lipinski definition) is 1. The Hall–Kier alpha value is -3.99. The zero-order valence-corrected chi connectivity index (χ0v) is 19.4. The molecule has 2 aromatic heterocycles. The standard InChI is InChI=1S/C25H23F3N6O2/c1-16(23-30-22(32-36-23)18-8-5-9-19(14-18)25(26,27)28)33-10-12-34(13-11-33)24(35)20-15-29-31-21(20)17-6-3-2-4-7-17/h2-9,14-16H,10-13H2,1H3,(H,29,31). The maximum atomic E-state index is 13.2. The summed E-state index contributed by atoms with van der Waals surface area (Å²) < 4.78 is 44.5. The van der Waals surface area contributed by atoms with Gasteiger partial charge in [-0.3, -0.25) is 14.8 Å². The number of aromatic nitrogens is 4. The number of halogens is 3. The molecular weight excluding hydrogens is 473 g/mol. The van der Waals surface area contributed by atoms with Crippen molar-refractivity contribution in [3.8, 4) is 22.6 Å². The third-order valence-corrected chi connectivity index (χ3v) is 6.33. The number of benzene rings is 2. The molecule has 0 saturated carbocycles. The number of aromatic amines is 1. The fraction of sp³-hybridized carbons (Fsp3) is 0.280. The number of H-pyrrole nitrogens is 1. The van der Waals surface area contributed by atoms with E-state index in [0.717, 1.165) is 17.7 Å². The summed E-state index contributed by atoms with van der Waals surface area (Å²) in [4.78, 5) is 21.4. The normalized spacial score (nSPS) is 15.7. The highest BCUT2D eigenvalue weighted by Gasteiger charge is 2.32. The molecule has 1 atom stereocenters. The fourth-order valence-electron chi connectivity index (χ4n) is 4.27. The molecule has 0 spiro atoms. The molecule has 3 heterocycles. The molecule has 8 nitrogen and oxygen atoms in total. The van der Waals surface area contributed by atoms with Crippen molar-refractivity contribution in [2.45, 2.75) is 19.1 Å². The summed E-state index contributed by atoms with van der Waals surface area (Å²) in [5.74, 6) is 0.313. The van der Waals surface area contributed by atoms with Crippen LogP contribution in [-0.2, 0) is 6.18 Å². The van der Waals surface area contributed by atoms with E-state index < -0.39 is 11.7 Å². The quantitative estimate of drug-likeness (QED) is 0.432. The maximum absolute atomic E-state index is 13.2. The summed E-state index contributed by atoms with van der Waals surface area (Å²) in [7, 11) is 0. The van der Waals surface area contributed by atoms with Crippen LogP contribution in [0.25, 0.3) is 22.6 Å². The van der Waals surface area contributed by atoms with Crippen molar-refractivity contribution in [3.05, 3.63) is 77.8 Å². The Labute approximate surface area is 204 Å². The van der Waals surface area contributed by atoms with Crippen molar-refractivity contribution in [1.29, 1.82) is 0 Å². The molecule has 0 bridgehead atoms. The Morgan fingerprint density at radius 2 is 1.75 bits per heavy atom. The number of rotatable bonds is 5. The van der Waals surface area contributed by atoms with Crippen LogP contribution in [0.4, 0.5) is 13.2 Å². The van der Waals surface area contributed by atoms with Crippen LogP contribution in [0, 0.1) is 0 Å². The molecule has 1 aliphatic rings. The van der Waals surface area contributed by atoms with Crippen LogP contribution in [0.5, 0.6) is 0 Å². The second kappa shape index (κ2) is 9.57. The van der Waals surface area contributed by atoms with E-state index in [9.17, 15) is 18.0 Å². The Balaban J connectivity index is 1.24. The highest BCUT2D eigenvalue weighted by atomic mass is 19.4. The Morgan fingerprint density at radius 3 is 2.47 bits per heavy atom. The third-order valence-electron chi connectivity index (χ3n) is 6.33. The fourth-order valence-corrected chi connectivity index (χ4v) is 4.27. The van der Waals surface area contributed by atoms with Gasteiger partial charge >= 0.3 is 6.18 Å². The molecule has 11 heteroatoms. The second-order valence-electron chi connectivity index (χ2n) is 8.56. The van der Waals surface area contributed by atoms with Crippen molar-refractivity contribution >= 4 is 5.91 Å². The van der Waals surface area contributed by atoms with Crippen LogP contribution in [0.1, 0.15) is 34.8 Å². The van der Waals surface area contributed by atoms with Gasteiger partial charge in [-0.2, -0.15) is 23.3 Å². The van der Waals surface area contributed by atoms with E-state index in [1.807, 2.05) is 37.3 Å². The first-order chi connectivity index (χ1) is 17.3. The molecule has 2 aromatic carbocycles. The first kappa shape index (κ1) is 23.7. The summed E-state index contributed by atoms with van der Waals surface area (Å²) >= 11 is 0. The van der Waals surface area contributed by atoms with E-state index in [1.165, 1.54) is 12.1 Å². The van der Waals surface area contributed by atoms with Crippen LogP contribution in [0.3, 0.4) is 0 Å². The molecule has 36 heavy (non-hydrogen) atoms. The highest BCUT2D eigenvalue weighted by Crippen LogP contribution is 2.32. The minimum atomic E-state index is -4.45. The summed E-state index contributed by atoms with van der Waals surface area (Å²) in [6.45, 7) is 4.04. The average molecular weight is 496 g/mol. The van der Waals surface area contributed by atoms with Gasteiger partial charge in [-0.1, -0.05) is 47.6 Å². The van der Waals surface area contributed by atoms with Gasteiger partial charge in [-0.05, 0) is 19.1 Å². The van der Waals surface area contributed by atoms with Crippen molar-refractivity contribution in [2.75, 3.05) is 26.2 Å². The number of alkyl halides is 3. The van der Waals surface area contributed by atoms with Crippen LogP contribution >= 0.6 is 0 Å². The van der Waals surface area contributed by atoms with Crippen molar-refractivity contribution in [1.82, 2.24) is 30.1 Å². The molecule has 4 aromatic rings. The topological polar surface area (TPSA) is 91.2 Å². The number of hydrogen-bond acceptors (Lipinski definition) is 6. The average Bonchev–Trinajstić information content (AvgIpc) is 3.59. The summed E-state index contributed by atoms with van der Waals surface area (Å²) in [5, 5.41) is 10.9. The molecule has 1 N–H and O–H groups in total. The number of nitrogens with zero attached hydrogens (tertiary/aromatic N) is 5. The lowest BCUT2D eigenvalue weighted by Gasteiger charge is -2.36. The van der Waals surface area contributed by atoms with Gasteiger partial charge < -0.3 is 9.42 Å². The zero-order chi connectivity index (χ0) is 25.3. The van der Waals surface area contributed by atoms with Gasteiger partial charge in [0.1, 0.15) is 0 Å². The molecule has 1 amide bonds. The summed E-state index contributed by atoms with van der Waals surface area (Å²) in [5.41, 5.74) is 1.55. The van der Waals surface area contributed by atoms with Crippen LogP contribution in [-0.4, -0.2) is 62.2 Å². The number of carbonyl (C=O) groups is 1. The van der Waals surface area contributed by atoms with Crippen molar-refractivity contribution < 1.29 is 22.5 Å². The molecule has 186 valence electrons. The lowest BCUT2D eigenvalue weighted by atomic mass is 10.1. The lowest BCUT2D eigenvalue weighted by Crippen LogP contribution is -2.49. The molecular formula is C25H23F3N6O2. The Bertz CT molecular complexity index is 1340. The zero-order valence-electron chi connectivity index (χ0n) is 19.4. The first-order valence-corrected chi connectivity index (χ1v) is 11.4. The van der Waals surface area contributed by atoms with Crippen LogP contribution in [0.15, 0.2) is 65.3 Å². The molecule has 5 rings (SSSR count). The largest absolute Gasteiger partial charge is 0.416 e. The van der Waals surface area contributed by atoms with Crippen LogP contribution < -0.4 is 0 Å². The predicted molar refractivity (Wildman–Crippen MR) is 125 cm³/mol. The minimum Gasteiger partial charge on any atom is -0.337 e. The van der Waals surface area contributed by atoms with E-state index in [-0.39, 0.29) is 23.3 Å². The SMILES string of the molecule is CC(c1nc(-c2cccc(C(F)(F)F)c2)no1)N1CCN(C(=O)c2cn[nH]c2-c2ccccc2)CC1. The second-order valence-corrected chi connectivity index (χ2v) is 8.56. The molecule has 1 fully saturated rings. The number of amides is 1. The molecule has 0 aliphatic carbocycles. The van der Waals surface area contributed by atoms with Crippen molar-refractivity contribution in [2.24, 2.45) is 0 Å². The van der Waals surface area contributed by atoms with E-state index in [0.29, 0.717) is 43.3 Å². The van der Waals surface area contributed by atoms with Gasteiger partial charge in [0.15, 0.2) is 0 Å². The molecule has 1 aliphatic heterocycles. The van der Waals surface area contributed by atoms with Gasteiger partial charge in [0.2, 0.25) is 11.7 Å². The summed E-state index contributed by atoms with van der Waals surface area (Å²) in [6.07, 6.45) is -2.90. The van der Waals surface area contributed by atoms with E-state index >= 15 is 0 Å². The lowest BCUT2D eigenvalue weighted by molar-refractivity contribution is -0.137. The van der Waals surface area contributed by atoms with Gasteiger partial charge in [-0.25, -0.2) is 0 Å². The predicted octanol–water partition coefficient (Wildman–Crippen LogP) is 4.66. The number of piperazine rings is 1. The third kappa shape index (κ3) is 4.74. The van der Waals surface area contributed by atoms with E-state index in [1.54, 1.807) is 11.1 Å². The Morgan fingerprint density at radius 1 is 1.03 bits per heavy atom. The van der Waals surface area contributed by atoms with E-state index in [2.05, 4.69) is 25.2 Å². The van der Waals surface area contributed by atoms with Crippen molar-refractivity contribution in [3.63, 3.8) is 0 Å². The maximum Gasteiger partial charge on any atom is 0.416 e. The Kier molecular flexibility index (Phi) is 6.31. The molecule has 0 radical (unpaired) electrons. The number of carbonyl (C=O) groups excluding carboxylic acids is 1. The van der Waals surface area contributed by atoms with Gasteiger partial charge in [0, 0.05) is 37.3 Å². The minimum absolute atomic E-state index is 0.0977. The first-order valence-electron chi connectivity index (χ1n) is 11.4. The molecule has 1 saturated heterocycles. The highest BCUT2D eigenvalue weighted by molar-refractivity contribution is 5.99. The van der Waals surface area contributed by atoms with E-state index in [4.69, 9.17) is 4.52 Å². The summed E-state index contributed by atoms with van der Waals surface area (Å²) in [6, 6.07) is 14.1. The number of nitrogens with one attached hydrogen (secondary N) is 1. The smallest absolute Gasteiger partial charge is 0.337 e. The van der Waals surface area contributed by atoms with Crippen LogP contribution in [0.2, 0.25) is 0 Å².